The van der Waals surface area contributed by atoms with Crippen LogP contribution in [0.2, 0.25) is 0 Å². The Balaban J connectivity index is 1.91. The molecule has 2 amide bonds. The fraction of sp³-hybridized carbons (Fsp3) is 0.889. The van der Waals surface area contributed by atoms with Crippen LogP contribution in [-0.2, 0) is 14.2 Å². The topological polar surface area (TPSA) is 82.8 Å². The van der Waals surface area contributed by atoms with Gasteiger partial charge in [0.05, 0.1) is 6.61 Å². The van der Waals surface area contributed by atoms with Gasteiger partial charge in [-0.1, -0.05) is 0 Å². The summed E-state index contributed by atoms with van der Waals surface area (Å²) in [6.45, 7) is 4.59. The van der Waals surface area contributed by atoms with Crippen LogP contribution in [0, 0.1) is 0 Å². The average Bonchev–Trinajstić information content (AvgIpc) is 2.56. The van der Waals surface area contributed by atoms with Crippen molar-refractivity contribution in [1.29, 1.82) is 0 Å². The minimum Gasteiger partial charge on any atom is -0.371 e. The molecular weight excluding hydrogens is 200 g/mol. The summed E-state index contributed by atoms with van der Waals surface area (Å²) in [5.41, 5.74) is 4.98. The van der Waals surface area contributed by atoms with E-state index in [2.05, 4.69) is 5.32 Å². The van der Waals surface area contributed by atoms with Gasteiger partial charge in [0, 0.05) is 6.54 Å². The number of hydrogen-bond acceptors (Lipinski definition) is 4. The van der Waals surface area contributed by atoms with E-state index in [9.17, 15) is 4.79 Å². The summed E-state index contributed by atoms with van der Waals surface area (Å²) in [5, 5.41) is 2.51. The second-order valence-electron chi connectivity index (χ2n) is 4.26. The molecule has 0 spiro atoms. The second-order valence-corrected chi connectivity index (χ2v) is 4.26. The van der Waals surface area contributed by atoms with Crippen LogP contribution in [0.1, 0.15) is 13.8 Å². The Morgan fingerprint density at radius 2 is 2.27 bits per heavy atom. The molecule has 15 heavy (non-hydrogen) atoms. The Morgan fingerprint density at radius 1 is 1.53 bits per heavy atom. The number of carbonyl (C=O) groups is 1. The van der Waals surface area contributed by atoms with Crippen molar-refractivity contribution in [3.05, 3.63) is 0 Å². The summed E-state index contributed by atoms with van der Waals surface area (Å²) in [6, 6.07) is -0.555. The Hall–Kier alpha value is -0.850. The maximum absolute atomic E-state index is 10.6. The molecule has 0 bridgehead atoms. The minimum atomic E-state index is -0.565. The number of amides is 2. The van der Waals surface area contributed by atoms with Crippen LogP contribution in [0.3, 0.4) is 0 Å². The van der Waals surface area contributed by atoms with Crippen LogP contribution in [0.4, 0.5) is 4.79 Å². The number of fused-ring (bicyclic) bond motifs is 1. The quantitative estimate of drug-likeness (QED) is 0.656. The highest BCUT2D eigenvalue weighted by molar-refractivity contribution is 5.71. The van der Waals surface area contributed by atoms with Crippen LogP contribution in [0.5, 0.6) is 0 Å². The lowest BCUT2D eigenvalue weighted by molar-refractivity contribution is -0.174. The Bertz CT molecular complexity index is 269. The van der Waals surface area contributed by atoms with E-state index in [0.29, 0.717) is 13.2 Å². The Kier molecular flexibility index (Phi) is 2.57. The number of ether oxygens (including phenoxy) is 3. The number of nitrogens with one attached hydrogen (secondary N) is 1. The van der Waals surface area contributed by atoms with Crippen LogP contribution in [0.15, 0.2) is 0 Å². The number of nitrogens with two attached hydrogens (primary N) is 1. The molecule has 2 fully saturated rings. The van der Waals surface area contributed by atoms with Gasteiger partial charge in [0.25, 0.3) is 0 Å². The standard InChI is InChI=1S/C9H16N2O4/c1-9(2)14-6-4-13-5(7(6)15-9)3-11-8(10)12/h5-7H,3-4H2,1-2H3,(H3,10,11,12)/t5-,6-,7-/m0/s1. The van der Waals surface area contributed by atoms with Gasteiger partial charge in [-0.2, -0.15) is 0 Å². The summed E-state index contributed by atoms with van der Waals surface area (Å²) in [6.07, 6.45) is -0.337. The first-order valence-electron chi connectivity index (χ1n) is 4.98. The molecule has 6 heteroatoms. The van der Waals surface area contributed by atoms with Gasteiger partial charge in [-0.25, -0.2) is 4.79 Å². The number of hydrogen-bond donors (Lipinski definition) is 2. The summed E-state index contributed by atoms with van der Waals surface area (Å²) < 4.78 is 16.7. The molecule has 0 unspecified atom stereocenters. The largest absolute Gasteiger partial charge is 0.371 e. The minimum absolute atomic E-state index is 0.0420. The second kappa shape index (κ2) is 3.62. The van der Waals surface area contributed by atoms with Crippen molar-refractivity contribution >= 4 is 6.03 Å². The third-order valence-electron chi connectivity index (χ3n) is 2.54. The van der Waals surface area contributed by atoms with Crippen LogP contribution < -0.4 is 11.1 Å². The molecule has 0 aromatic carbocycles. The van der Waals surface area contributed by atoms with Crippen molar-refractivity contribution in [2.45, 2.75) is 37.9 Å². The molecule has 0 aliphatic carbocycles. The summed E-state index contributed by atoms with van der Waals surface area (Å²) in [5.74, 6) is -0.565. The zero-order valence-electron chi connectivity index (χ0n) is 8.86. The van der Waals surface area contributed by atoms with Gasteiger partial charge in [0.1, 0.15) is 18.3 Å². The molecule has 2 saturated heterocycles. The van der Waals surface area contributed by atoms with E-state index >= 15 is 0 Å². The molecule has 0 saturated carbocycles. The van der Waals surface area contributed by atoms with Crippen molar-refractivity contribution < 1.29 is 19.0 Å². The average molecular weight is 216 g/mol. The Morgan fingerprint density at radius 3 is 2.93 bits per heavy atom. The highest BCUT2D eigenvalue weighted by atomic mass is 16.8. The van der Waals surface area contributed by atoms with Crippen LogP contribution >= 0.6 is 0 Å². The van der Waals surface area contributed by atoms with Crippen molar-refractivity contribution in [2.24, 2.45) is 5.73 Å². The third-order valence-corrected chi connectivity index (χ3v) is 2.54. The van der Waals surface area contributed by atoms with Gasteiger partial charge in [-0.05, 0) is 13.8 Å². The highest BCUT2D eigenvalue weighted by Crippen LogP contribution is 2.34. The van der Waals surface area contributed by atoms with Crippen LogP contribution in [0.25, 0.3) is 0 Å². The zero-order chi connectivity index (χ0) is 11.1. The van der Waals surface area contributed by atoms with Gasteiger partial charge in [-0.3, -0.25) is 0 Å². The van der Waals surface area contributed by atoms with Crippen molar-refractivity contribution in [3.63, 3.8) is 0 Å². The molecule has 0 aromatic heterocycles. The number of rotatable bonds is 2. The van der Waals surface area contributed by atoms with Crippen LogP contribution in [-0.4, -0.2) is 43.3 Å². The predicted molar refractivity (Wildman–Crippen MR) is 51.2 cm³/mol. The van der Waals surface area contributed by atoms with E-state index in [1.807, 2.05) is 13.8 Å². The molecular formula is C9H16N2O4. The van der Waals surface area contributed by atoms with Crippen molar-refractivity contribution in [3.8, 4) is 0 Å². The lowest BCUT2D eigenvalue weighted by Gasteiger charge is -2.21. The normalized spacial score (nSPS) is 37.6. The Labute approximate surface area is 88.0 Å². The van der Waals surface area contributed by atoms with Gasteiger partial charge in [-0.15, -0.1) is 0 Å². The molecule has 86 valence electrons. The van der Waals surface area contributed by atoms with Crippen molar-refractivity contribution in [2.75, 3.05) is 13.2 Å². The van der Waals surface area contributed by atoms with Gasteiger partial charge >= 0.3 is 6.03 Å². The van der Waals surface area contributed by atoms with E-state index in [-0.39, 0.29) is 18.3 Å². The molecule has 2 aliphatic rings. The molecule has 2 heterocycles. The lowest BCUT2D eigenvalue weighted by atomic mass is 10.1. The monoisotopic (exact) mass is 216 g/mol. The van der Waals surface area contributed by atoms with Gasteiger partial charge in [0.2, 0.25) is 0 Å². The number of urea groups is 1. The maximum Gasteiger partial charge on any atom is 0.312 e. The van der Waals surface area contributed by atoms with E-state index in [0.717, 1.165) is 0 Å². The summed E-state index contributed by atoms with van der Waals surface area (Å²) >= 11 is 0. The van der Waals surface area contributed by atoms with E-state index in [4.69, 9.17) is 19.9 Å². The number of carbonyl (C=O) groups excluding carboxylic acids is 1. The first-order valence-corrected chi connectivity index (χ1v) is 4.98. The molecule has 2 aliphatic heterocycles. The molecule has 6 nitrogen and oxygen atoms in total. The molecule has 3 N–H and O–H groups in total. The first kappa shape index (κ1) is 10.7. The zero-order valence-corrected chi connectivity index (χ0v) is 8.86. The van der Waals surface area contributed by atoms with Gasteiger partial charge < -0.3 is 25.3 Å². The maximum atomic E-state index is 10.6. The van der Waals surface area contributed by atoms with E-state index in [1.54, 1.807) is 0 Å². The molecule has 0 aromatic rings. The summed E-state index contributed by atoms with van der Waals surface area (Å²) in [7, 11) is 0. The molecule has 2 rings (SSSR count). The highest BCUT2D eigenvalue weighted by Gasteiger charge is 2.49. The van der Waals surface area contributed by atoms with Gasteiger partial charge in [0.15, 0.2) is 5.79 Å². The lowest BCUT2D eigenvalue weighted by Crippen LogP contribution is -2.41. The molecule has 3 atom stereocenters. The smallest absolute Gasteiger partial charge is 0.312 e. The van der Waals surface area contributed by atoms with Crippen molar-refractivity contribution in [1.82, 2.24) is 5.32 Å². The predicted octanol–water partition coefficient (Wildman–Crippen LogP) is -0.426. The van der Waals surface area contributed by atoms with E-state index in [1.165, 1.54) is 0 Å². The molecule has 0 radical (unpaired) electrons. The fourth-order valence-corrected chi connectivity index (χ4v) is 2.00. The number of primary amides is 1. The summed E-state index contributed by atoms with van der Waals surface area (Å²) in [4.78, 5) is 10.6. The van der Waals surface area contributed by atoms with E-state index < -0.39 is 11.8 Å². The fourth-order valence-electron chi connectivity index (χ4n) is 2.00. The third kappa shape index (κ3) is 2.22. The first-order chi connectivity index (χ1) is 6.98. The SMILES string of the molecule is CC1(C)O[C@H]2[C@H](CNC(N)=O)OC[C@@H]2O1.